The number of hydrogen-bond donors (Lipinski definition) is 0. The Bertz CT molecular complexity index is 604. The lowest BCUT2D eigenvalue weighted by Gasteiger charge is -2.31. The highest BCUT2D eigenvalue weighted by molar-refractivity contribution is 7.90. The summed E-state index contributed by atoms with van der Waals surface area (Å²) in [7, 11) is -3.16. The Hall–Kier alpha value is -1.36. The molecule has 5 heteroatoms. The first kappa shape index (κ1) is 17.0. The Labute approximate surface area is 132 Å². The monoisotopic (exact) mass is 324 g/mol. The molecule has 1 aromatic carbocycles. The summed E-state index contributed by atoms with van der Waals surface area (Å²) in [5.74, 6) is 0.468. The second-order valence-corrected chi connectivity index (χ2v) is 8.02. The molecular formula is C17H24O4S. The molecule has 0 bridgehead atoms. The Morgan fingerprint density at radius 3 is 2.41 bits per heavy atom. The van der Waals surface area contributed by atoms with E-state index in [9.17, 15) is 13.2 Å². The Morgan fingerprint density at radius 1 is 1.18 bits per heavy atom. The van der Waals surface area contributed by atoms with Crippen LogP contribution in [0.1, 0.15) is 50.5 Å². The van der Waals surface area contributed by atoms with Crippen molar-refractivity contribution in [3.63, 3.8) is 0 Å². The maximum Gasteiger partial charge on any atom is 0.306 e. The van der Waals surface area contributed by atoms with Gasteiger partial charge in [0, 0.05) is 12.7 Å². The molecule has 0 saturated heterocycles. The Kier molecular flexibility index (Phi) is 5.62. The van der Waals surface area contributed by atoms with Crippen LogP contribution in [0.5, 0.6) is 0 Å². The summed E-state index contributed by atoms with van der Waals surface area (Å²) < 4.78 is 28.2. The van der Waals surface area contributed by atoms with Gasteiger partial charge < -0.3 is 4.74 Å². The van der Waals surface area contributed by atoms with Crippen molar-refractivity contribution < 1.29 is 17.9 Å². The third-order valence-corrected chi connectivity index (χ3v) is 5.51. The van der Waals surface area contributed by atoms with Crippen LogP contribution in [0, 0.1) is 5.92 Å². The molecule has 2 rings (SSSR count). The van der Waals surface area contributed by atoms with E-state index in [1.807, 2.05) is 19.1 Å². The fraction of sp³-hybridized carbons (Fsp3) is 0.588. The number of carbonyl (C=O) groups excluding carboxylic acids is 1. The minimum absolute atomic E-state index is 0.132. The maximum absolute atomic E-state index is 11.8. The lowest BCUT2D eigenvalue weighted by molar-refractivity contribution is -0.144. The van der Waals surface area contributed by atoms with Gasteiger partial charge in [0.15, 0.2) is 9.84 Å². The van der Waals surface area contributed by atoms with Gasteiger partial charge >= 0.3 is 5.97 Å². The number of rotatable bonds is 5. The average Bonchev–Trinajstić information content (AvgIpc) is 2.47. The zero-order valence-electron chi connectivity index (χ0n) is 13.2. The maximum atomic E-state index is 11.8. The predicted molar refractivity (Wildman–Crippen MR) is 85.5 cm³/mol. The third kappa shape index (κ3) is 4.32. The summed E-state index contributed by atoms with van der Waals surface area (Å²) in [6.07, 6.45) is 6.03. The summed E-state index contributed by atoms with van der Waals surface area (Å²) in [4.78, 5) is 12.1. The van der Waals surface area contributed by atoms with Gasteiger partial charge in [-0.15, -0.1) is 0 Å². The Morgan fingerprint density at radius 2 is 1.82 bits per heavy atom. The molecule has 2 atom stereocenters. The van der Waals surface area contributed by atoms with Crippen LogP contribution in [0.25, 0.3) is 0 Å². The molecule has 22 heavy (non-hydrogen) atoms. The number of sulfone groups is 1. The SMILES string of the molecule is CCOC(=O)CC1CCCCC1c1ccc(S(C)(=O)=O)cc1. The molecule has 0 spiro atoms. The molecule has 0 amide bonds. The van der Waals surface area contributed by atoms with Gasteiger partial charge in [0.25, 0.3) is 0 Å². The molecule has 1 fully saturated rings. The standard InChI is InChI=1S/C17H24O4S/c1-3-21-17(18)12-14-6-4-5-7-16(14)13-8-10-15(11-9-13)22(2,19)20/h8-11,14,16H,3-7,12H2,1-2H3. The molecule has 122 valence electrons. The van der Waals surface area contributed by atoms with E-state index in [2.05, 4.69) is 0 Å². The lowest BCUT2D eigenvalue weighted by Crippen LogP contribution is -2.22. The fourth-order valence-corrected chi connectivity index (χ4v) is 3.92. The number of carbonyl (C=O) groups is 1. The van der Waals surface area contributed by atoms with E-state index < -0.39 is 9.84 Å². The van der Waals surface area contributed by atoms with Gasteiger partial charge in [0.2, 0.25) is 0 Å². The molecule has 0 aromatic heterocycles. The molecule has 0 N–H and O–H groups in total. The van der Waals surface area contributed by atoms with Crippen molar-refractivity contribution in [2.45, 2.75) is 49.8 Å². The largest absolute Gasteiger partial charge is 0.466 e. The minimum Gasteiger partial charge on any atom is -0.466 e. The molecule has 0 radical (unpaired) electrons. The minimum atomic E-state index is -3.16. The molecule has 4 nitrogen and oxygen atoms in total. The predicted octanol–water partition coefficient (Wildman–Crippen LogP) is 3.32. The van der Waals surface area contributed by atoms with Crippen molar-refractivity contribution in [1.29, 1.82) is 0 Å². The number of ether oxygens (including phenoxy) is 1. The van der Waals surface area contributed by atoms with E-state index in [1.165, 1.54) is 6.26 Å². The van der Waals surface area contributed by atoms with E-state index in [0.717, 1.165) is 31.2 Å². The zero-order valence-corrected chi connectivity index (χ0v) is 14.1. The number of esters is 1. The van der Waals surface area contributed by atoms with Crippen LogP contribution in [-0.2, 0) is 19.4 Å². The van der Waals surface area contributed by atoms with E-state index in [0.29, 0.717) is 23.8 Å². The quantitative estimate of drug-likeness (QED) is 0.780. The van der Waals surface area contributed by atoms with Gasteiger partial charge in [-0.25, -0.2) is 8.42 Å². The molecule has 1 aromatic rings. The Balaban J connectivity index is 2.15. The normalized spacial score (nSPS) is 22.3. The number of hydrogen-bond acceptors (Lipinski definition) is 4. The van der Waals surface area contributed by atoms with Gasteiger partial charge in [0.1, 0.15) is 0 Å². The summed E-state index contributed by atoms with van der Waals surface area (Å²) in [6, 6.07) is 7.12. The van der Waals surface area contributed by atoms with Crippen LogP contribution >= 0.6 is 0 Å². The number of benzene rings is 1. The fourth-order valence-electron chi connectivity index (χ4n) is 3.29. The summed E-state index contributed by atoms with van der Waals surface area (Å²) >= 11 is 0. The first-order chi connectivity index (χ1) is 10.4. The lowest BCUT2D eigenvalue weighted by atomic mass is 9.74. The molecular weight excluding hydrogens is 300 g/mol. The van der Waals surface area contributed by atoms with Crippen LogP contribution < -0.4 is 0 Å². The van der Waals surface area contributed by atoms with Crippen LogP contribution in [-0.4, -0.2) is 27.2 Å². The van der Waals surface area contributed by atoms with E-state index in [-0.39, 0.29) is 11.9 Å². The van der Waals surface area contributed by atoms with Crippen LogP contribution in [0.3, 0.4) is 0 Å². The van der Waals surface area contributed by atoms with E-state index >= 15 is 0 Å². The van der Waals surface area contributed by atoms with Crippen molar-refractivity contribution in [2.75, 3.05) is 12.9 Å². The van der Waals surface area contributed by atoms with Crippen LogP contribution in [0.4, 0.5) is 0 Å². The highest BCUT2D eigenvalue weighted by Gasteiger charge is 2.28. The molecule has 0 heterocycles. The highest BCUT2D eigenvalue weighted by atomic mass is 32.2. The average molecular weight is 324 g/mol. The molecule has 1 aliphatic carbocycles. The first-order valence-corrected chi connectivity index (χ1v) is 9.76. The topological polar surface area (TPSA) is 60.4 Å². The summed E-state index contributed by atoms with van der Waals surface area (Å²) in [5, 5.41) is 0. The van der Waals surface area contributed by atoms with E-state index in [1.54, 1.807) is 12.1 Å². The molecule has 2 unspecified atom stereocenters. The van der Waals surface area contributed by atoms with Crippen LogP contribution in [0.2, 0.25) is 0 Å². The summed E-state index contributed by atoms with van der Waals surface area (Å²) in [6.45, 7) is 2.24. The van der Waals surface area contributed by atoms with Crippen molar-refractivity contribution in [3.8, 4) is 0 Å². The van der Waals surface area contributed by atoms with Crippen molar-refractivity contribution in [1.82, 2.24) is 0 Å². The zero-order chi connectivity index (χ0) is 16.2. The van der Waals surface area contributed by atoms with Crippen molar-refractivity contribution in [3.05, 3.63) is 29.8 Å². The van der Waals surface area contributed by atoms with Crippen molar-refractivity contribution >= 4 is 15.8 Å². The third-order valence-electron chi connectivity index (χ3n) is 4.38. The smallest absolute Gasteiger partial charge is 0.306 e. The molecule has 1 saturated carbocycles. The first-order valence-electron chi connectivity index (χ1n) is 7.87. The van der Waals surface area contributed by atoms with Gasteiger partial charge in [0.05, 0.1) is 11.5 Å². The van der Waals surface area contributed by atoms with Gasteiger partial charge in [-0.05, 0) is 49.3 Å². The second-order valence-electron chi connectivity index (χ2n) is 6.00. The molecule has 1 aliphatic rings. The van der Waals surface area contributed by atoms with Gasteiger partial charge in [-0.3, -0.25) is 4.79 Å². The van der Waals surface area contributed by atoms with E-state index in [4.69, 9.17) is 4.74 Å². The van der Waals surface area contributed by atoms with Crippen LogP contribution in [0.15, 0.2) is 29.2 Å². The summed E-state index contributed by atoms with van der Waals surface area (Å²) in [5.41, 5.74) is 1.13. The molecule has 0 aliphatic heterocycles. The van der Waals surface area contributed by atoms with Gasteiger partial charge in [-0.1, -0.05) is 25.0 Å². The highest BCUT2D eigenvalue weighted by Crippen LogP contribution is 2.40. The second kappa shape index (κ2) is 7.27. The van der Waals surface area contributed by atoms with Gasteiger partial charge in [-0.2, -0.15) is 0 Å². The van der Waals surface area contributed by atoms with Crippen molar-refractivity contribution in [2.24, 2.45) is 5.92 Å².